The van der Waals surface area contributed by atoms with E-state index in [0.29, 0.717) is 0 Å². The van der Waals surface area contributed by atoms with E-state index in [2.05, 4.69) is 67.7 Å². The summed E-state index contributed by atoms with van der Waals surface area (Å²) in [5, 5.41) is -0.00183. The molecule has 0 spiro atoms. The Kier molecular flexibility index (Phi) is 6.52. The molecule has 0 heterocycles. The minimum Gasteiger partial charge on any atom is -0.517 e. The second kappa shape index (κ2) is 7.37. The summed E-state index contributed by atoms with van der Waals surface area (Å²) in [6.07, 6.45) is -0.656. The molecule has 0 aliphatic rings. The fraction of sp³-hybridized carbons (Fsp3) is 0.650. The standard InChI is InChI=1S/C20H36O3Si2/c1-19(2,3)24(7,8)22-17(16-14-12-11-13-15-16)18(21)23-25(9,10)20(4,5)6/h11-15,17H,1-10H3. The van der Waals surface area contributed by atoms with Crippen LogP contribution in [0.5, 0.6) is 0 Å². The average molecular weight is 381 g/mol. The van der Waals surface area contributed by atoms with Crippen molar-refractivity contribution in [3.63, 3.8) is 0 Å². The van der Waals surface area contributed by atoms with Crippen molar-refractivity contribution in [3.05, 3.63) is 35.9 Å². The molecule has 1 atom stereocenters. The van der Waals surface area contributed by atoms with Gasteiger partial charge in [0, 0.05) is 0 Å². The van der Waals surface area contributed by atoms with E-state index in [1.807, 2.05) is 30.3 Å². The predicted molar refractivity (Wildman–Crippen MR) is 111 cm³/mol. The van der Waals surface area contributed by atoms with Gasteiger partial charge in [-0.15, -0.1) is 0 Å². The summed E-state index contributed by atoms with van der Waals surface area (Å²) in [7, 11) is -4.32. The summed E-state index contributed by atoms with van der Waals surface area (Å²) in [4.78, 5) is 13.1. The van der Waals surface area contributed by atoms with Gasteiger partial charge in [0.25, 0.3) is 8.32 Å². The second-order valence-electron chi connectivity index (χ2n) is 9.85. The molecule has 1 aromatic carbocycles. The molecular weight excluding hydrogens is 344 g/mol. The lowest BCUT2D eigenvalue weighted by molar-refractivity contribution is -0.144. The van der Waals surface area contributed by atoms with E-state index in [1.165, 1.54) is 0 Å². The summed E-state index contributed by atoms with van der Waals surface area (Å²) in [6, 6.07) is 9.73. The van der Waals surface area contributed by atoms with Crippen molar-refractivity contribution in [2.75, 3.05) is 0 Å². The van der Waals surface area contributed by atoms with Crippen LogP contribution in [0, 0.1) is 0 Å². The predicted octanol–water partition coefficient (Wildman–Crippen LogP) is 6.30. The summed E-state index contributed by atoms with van der Waals surface area (Å²) in [5.41, 5.74) is 0.871. The van der Waals surface area contributed by atoms with Crippen LogP contribution in [0.2, 0.25) is 36.3 Å². The monoisotopic (exact) mass is 380 g/mol. The van der Waals surface area contributed by atoms with Gasteiger partial charge >= 0.3 is 5.97 Å². The fourth-order valence-electron chi connectivity index (χ4n) is 1.81. The molecule has 0 aromatic heterocycles. The molecule has 0 aliphatic carbocycles. The number of carbonyl (C=O) groups excluding carboxylic acids is 1. The lowest BCUT2D eigenvalue weighted by atomic mass is 10.1. The van der Waals surface area contributed by atoms with Crippen LogP contribution in [-0.4, -0.2) is 22.6 Å². The summed E-state index contributed by atoms with van der Waals surface area (Å²) in [6.45, 7) is 21.5. The highest BCUT2D eigenvalue weighted by Gasteiger charge is 2.45. The maximum absolute atomic E-state index is 13.1. The van der Waals surface area contributed by atoms with Crippen LogP contribution in [0.3, 0.4) is 0 Å². The Labute approximate surface area is 156 Å². The van der Waals surface area contributed by atoms with Crippen LogP contribution in [0.15, 0.2) is 30.3 Å². The largest absolute Gasteiger partial charge is 0.517 e. The van der Waals surface area contributed by atoms with Gasteiger partial charge in [-0.1, -0.05) is 71.9 Å². The van der Waals surface area contributed by atoms with Gasteiger partial charge in [0.2, 0.25) is 0 Å². The fourth-order valence-corrected chi connectivity index (χ4v) is 3.90. The van der Waals surface area contributed by atoms with E-state index in [0.717, 1.165) is 5.56 Å². The van der Waals surface area contributed by atoms with Crippen LogP contribution in [-0.2, 0) is 13.6 Å². The Morgan fingerprint density at radius 2 is 1.28 bits per heavy atom. The first kappa shape index (κ1) is 22.1. The van der Waals surface area contributed by atoms with Gasteiger partial charge in [0.15, 0.2) is 14.4 Å². The molecule has 0 aliphatic heterocycles. The minimum atomic E-state index is -2.20. The molecule has 0 bridgehead atoms. The first-order valence-electron chi connectivity index (χ1n) is 9.04. The average Bonchev–Trinajstić information content (AvgIpc) is 2.42. The molecule has 142 valence electrons. The molecule has 1 aromatic rings. The lowest BCUT2D eigenvalue weighted by Crippen LogP contribution is -2.47. The molecule has 0 amide bonds. The number of hydrogen-bond acceptors (Lipinski definition) is 3. The Hall–Kier alpha value is -0.916. The van der Waals surface area contributed by atoms with Gasteiger partial charge in [-0.3, -0.25) is 4.79 Å². The number of benzene rings is 1. The van der Waals surface area contributed by atoms with Crippen molar-refractivity contribution in [2.24, 2.45) is 0 Å². The summed E-state index contributed by atoms with van der Waals surface area (Å²) < 4.78 is 12.6. The van der Waals surface area contributed by atoms with E-state index in [9.17, 15) is 4.79 Å². The van der Waals surface area contributed by atoms with Gasteiger partial charge in [-0.05, 0) is 41.8 Å². The van der Waals surface area contributed by atoms with Crippen molar-refractivity contribution in [2.45, 2.75) is 83.9 Å². The molecule has 1 unspecified atom stereocenters. The zero-order valence-electron chi connectivity index (χ0n) is 17.7. The highest BCUT2D eigenvalue weighted by atomic mass is 28.4. The molecule has 1 rings (SSSR count). The first-order valence-corrected chi connectivity index (χ1v) is 14.9. The van der Waals surface area contributed by atoms with E-state index >= 15 is 0 Å². The molecule has 0 N–H and O–H groups in total. The zero-order valence-corrected chi connectivity index (χ0v) is 19.7. The molecule has 0 fully saturated rings. The van der Waals surface area contributed by atoms with Gasteiger partial charge in [-0.25, -0.2) is 0 Å². The van der Waals surface area contributed by atoms with E-state index in [4.69, 9.17) is 8.85 Å². The molecule has 3 nitrogen and oxygen atoms in total. The van der Waals surface area contributed by atoms with Crippen LogP contribution in [0.25, 0.3) is 0 Å². The van der Waals surface area contributed by atoms with Crippen molar-refractivity contribution in [1.82, 2.24) is 0 Å². The van der Waals surface area contributed by atoms with Crippen molar-refractivity contribution >= 4 is 22.6 Å². The Morgan fingerprint density at radius 3 is 1.68 bits per heavy atom. The maximum Gasteiger partial charge on any atom is 0.325 e. The normalized spacial score (nSPS) is 15.0. The van der Waals surface area contributed by atoms with E-state index in [-0.39, 0.29) is 16.0 Å². The summed E-state index contributed by atoms with van der Waals surface area (Å²) >= 11 is 0. The smallest absolute Gasteiger partial charge is 0.325 e. The maximum atomic E-state index is 13.1. The molecular formula is C20H36O3Si2. The highest BCUT2D eigenvalue weighted by Crippen LogP contribution is 2.42. The van der Waals surface area contributed by atoms with Gasteiger partial charge < -0.3 is 8.85 Å². The quantitative estimate of drug-likeness (QED) is 0.562. The highest BCUT2D eigenvalue weighted by molar-refractivity contribution is 6.76. The molecule has 0 saturated heterocycles. The third kappa shape index (κ3) is 5.53. The number of hydrogen-bond donors (Lipinski definition) is 0. The number of rotatable bonds is 5. The topological polar surface area (TPSA) is 35.5 Å². The first-order chi connectivity index (χ1) is 11.1. The van der Waals surface area contributed by atoms with Crippen molar-refractivity contribution in [1.29, 1.82) is 0 Å². The number of carbonyl (C=O) groups is 1. The Bertz CT molecular complexity index is 581. The SMILES string of the molecule is CC(C)(C)[Si](C)(C)OC(=O)C(O[Si](C)(C)C(C)(C)C)c1ccccc1. The third-order valence-electron chi connectivity index (χ3n) is 5.70. The minimum absolute atomic E-state index is 0.0251. The summed E-state index contributed by atoms with van der Waals surface area (Å²) in [5.74, 6) is -0.248. The van der Waals surface area contributed by atoms with Crippen molar-refractivity contribution in [3.8, 4) is 0 Å². The van der Waals surface area contributed by atoms with Crippen LogP contribution in [0.1, 0.15) is 53.2 Å². The second-order valence-corrected chi connectivity index (χ2v) is 19.3. The van der Waals surface area contributed by atoms with Gasteiger partial charge in [0.1, 0.15) is 0 Å². The molecule has 25 heavy (non-hydrogen) atoms. The molecule has 5 heteroatoms. The van der Waals surface area contributed by atoms with Gasteiger partial charge in [-0.2, -0.15) is 0 Å². The van der Waals surface area contributed by atoms with Crippen LogP contribution in [0.4, 0.5) is 0 Å². The Morgan fingerprint density at radius 1 is 0.840 bits per heavy atom. The zero-order chi connectivity index (χ0) is 19.7. The van der Waals surface area contributed by atoms with E-state index < -0.39 is 22.7 Å². The molecule has 0 saturated carbocycles. The van der Waals surface area contributed by atoms with Crippen LogP contribution < -0.4 is 0 Å². The van der Waals surface area contributed by atoms with Crippen molar-refractivity contribution < 1.29 is 13.6 Å². The third-order valence-corrected chi connectivity index (χ3v) is 14.5. The lowest BCUT2D eigenvalue weighted by Gasteiger charge is -2.41. The Balaban J connectivity index is 3.19. The molecule has 0 radical (unpaired) electrons. The van der Waals surface area contributed by atoms with Crippen LogP contribution >= 0.6 is 0 Å². The van der Waals surface area contributed by atoms with Gasteiger partial charge in [0.05, 0.1) is 0 Å². The van der Waals surface area contributed by atoms with E-state index in [1.54, 1.807) is 0 Å².